The quantitative estimate of drug-likeness (QED) is 0.802. The number of carbonyl (C=O) groups excluding carboxylic acids is 1. The van der Waals surface area contributed by atoms with Gasteiger partial charge in [0.1, 0.15) is 5.82 Å². The van der Waals surface area contributed by atoms with Crippen molar-refractivity contribution in [1.82, 2.24) is 4.31 Å². The third-order valence-electron chi connectivity index (χ3n) is 3.97. The van der Waals surface area contributed by atoms with Gasteiger partial charge in [0, 0.05) is 18.8 Å². The van der Waals surface area contributed by atoms with Crippen molar-refractivity contribution in [3.8, 4) is 0 Å². The van der Waals surface area contributed by atoms with E-state index in [-0.39, 0.29) is 39.3 Å². The van der Waals surface area contributed by atoms with Crippen LogP contribution >= 0.6 is 23.2 Å². The molecule has 1 aliphatic rings. The van der Waals surface area contributed by atoms with Crippen LogP contribution in [-0.4, -0.2) is 44.9 Å². The van der Waals surface area contributed by atoms with Crippen molar-refractivity contribution in [1.29, 1.82) is 0 Å². The van der Waals surface area contributed by atoms with Crippen molar-refractivity contribution in [3.05, 3.63) is 57.8 Å². The Hall–Kier alpha value is -1.71. The fraction of sp³-hybridized carbons (Fsp3) is 0.235. The molecule has 1 saturated heterocycles. The van der Waals surface area contributed by atoms with Gasteiger partial charge in [0.2, 0.25) is 10.0 Å². The van der Waals surface area contributed by atoms with Crippen LogP contribution in [0, 0.1) is 5.82 Å². The van der Waals surface area contributed by atoms with Crippen LogP contribution in [0.25, 0.3) is 0 Å². The number of anilines is 1. The molecule has 144 valence electrons. The highest BCUT2D eigenvalue weighted by molar-refractivity contribution is 7.89. The van der Waals surface area contributed by atoms with Crippen molar-refractivity contribution in [2.24, 2.45) is 0 Å². The largest absolute Gasteiger partial charge is 0.379 e. The Morgan fingerprint density at radius 2 is 1.78 bits per heavy atom. The highest BCUT2D eigenvalue weighted by Crippen LogP contribution is 2.25. The standard InChI is InChI=1S/C17H15Cl2FN2O4S/c18-14-3-2-12(27(24,25)22-5-7-26-8-6-22)10-13(14)17(23)21-11-1-4-16(20)15(19)9-11/h1-4,9-10H,5-8H2,(H,21,23). The van der Waals surface area contributed by atoms with Crippen LogP contribution in [0.15, 0.2) is 41.3 Å². The molecule has 0 saturated carbocycles. The maximum absolute atomic E-state index is 13.2. The molecule has 1 N–H and O–H groups in total. The summed E-state index contributed by atoms with van der Waals surface area (Å²) in [4.78, 5) is 12.5. The van der Waals surface area contributed by atoms with Crippen molar-refractivity contribution in [2.75, 3.05) is 31.6 Å². The number of sulfonamides is 1. The number of ether oxygens (including phenoxy) is 1. The van der Waals surface area contributed by atoms with Crippen LogP contribution in [-0.2, 0) is 14.8 Å². The summed E-state index contributed by atoms with van der Waals surface area (Å²) in [6.07, 6.45) is 0. The van der Waals surface area contributed by atoms with E-state index < -0.39 is 21.7 Å². The summed E-state index contributed by atoms with van der Waals surface area (Å²) in [7, 11) is -3.78. The van der Waals surface area contributed by atoms with Gasteiger partial charge in [-0.25, -0.2) is 12.8 Å². The van der Waals surface area contributed by atoms with Crippen molar-refractivity contribution in [3.63, 3.8) is 0 Å². The summed E-state index contributed by atoms with van der Waals surface area (Å²) >= 11 is 11.8. The lowest BCUT2D eigenvalue weighted by Crippen LogP contribution is -2.40. The van der Waals surface area contributed by atoms with E-state index in [1.165, 1.54) is 34.6 Å². The van der Waals surface area contributed by atoms with Gasteiger partial charge in [-0.2, -0.15) is 4.31 Å². The number of rotatable bonds is 4. The van der Waals surface area contributed by atoms with Gasteiger partial charge in [-0.1, -0.05) is 23.2 Å². The Kier molecular flexibility index (Phi) is 6.02. The molecule has 10 heteroatoms. The maximum Gasteiger partial charge on any atom is 0.257 e. The molecule has 0 atom stereocenters. The van der Waals surface area contributed by atoms with E-state index in [0.717, 1.165) is 6.07 Å². The van der Waals surface area contributed by atoms with Crippen LogP contribution < -0.4 is 5.32 Å². The molecule has 0 radical (unpaired) electrons. The number of carbonyl (C=O) groups is 1. The lowest BCUT2D eigenvalue weighted by Gasteiger charge is -2.26. The number of morpholine rings is 1. The summed E-state index contributed by atoms with van der Waals surface area (Å²) in [6, 6.07) is 7.60. The molecule has 0 bridgehead atoms. The van der Waals surface area contributed by atoms with E-state index in [1.54, 1.807) is 0 Å². The van der Waals surface area contributed by atoms with Gasteiger partial charge in [0.05, 0.1) is 33.7 Å². The average Bonchev–Trinajstić information content (AvgIpc) is 2.65. The minimum Gasteiger partial charge on any atom is -0.379 e. The first-order valence-electron chi connectivity index (χ1n) is 7.93. The molecule has 1 fully saturated rings. The summed E-state index contributed by atoms with van der Waals surface area (Å²) < 4.78 is 45.2. The highest BCUT2D eigenvalue weighted by atomic mass is 35.5. The molecule has 6 nitrogen and oxygen atoms in total. The maximum atomic E-state index is 13.2. The van der Waals surface area contributed by atoms with Crippen LogP contribution in [0.3, 0.4) is 0 Å². The van der Waals surface area contributed by atoms with E-state index in [2.05, 4.69) is 5.32 Å². The van der Waals surface area contributed by atoms with Crippen LogP contribution in [0.4, 0.5) is 10.1 Å². The lowest BCUT2D eigenvalue weighted by atomic mass is 10.2. The molecule has 2 aromatic rings. The normalized spacial score (nSPS) is 15.5. The third-order valence-corrected chi connectivity index (χ3v) is 6.48. The Morgan fingerprint density at radius 1 is 1.07 bits per heavy atom. The predicted molar refractivity (Wildman–Crippen MR) is 100 cm³/mol. The molecule has 0 aliphatic carbocycles. The van der Waals surface area contributed by atoms with Crippen LogP contribution in [0.2, 0.25) is 10.0 Å². The lowest BCUT2D eigenvalue weighted by molar-refractivity contribution is 0.0730. The minimum atomic E-state index is -3.78. The predicted octanol–water partition coefficient (Wildman–Crippen LogP) is 3.41. The molecule has 2 aromatic carbocycles. The van der Waals surface area contributed by atoms with E-state index in [9.17, 15) is 17.6 Å². The molecule has 0 spiro atoms. The average molecular weight is 433 g/mol. The van der Waals surface area contributed by atoms with Gasteiger partial charge in [0.15, 0.2) is 0 Å². The Morgan fingerprint density at radius 3 is 2.44 bits per heavy atom. The number of halogens is 3. The molecule has 0 aromatic heterocycles. The second-order valence-electron chi connectivity index (χ2n) is 5.74. The van der Waals surface area contributed by atoms with Gasteiger partial charge in [-0.05, 0) is 36.4 Å². The van der Waals surface area contributed by atoms with Crippen molar-refractivity contribution >= 4 is 44.8 Å². The Labute approximate surface area is 165 Å². The number of amides is 1. The van der Waals surface area contributed by atoms with E-state index in [1.807, 2.05) is 0 Å². The second kappa shape index (κ2) is 8.12. The summed E-state index contributed by atoms with van der Waals surface area (Å²) in [5.74, 6) is -1.26. The topological polar surface area (TPSA) is 75.7 Å². The summed E-state index contributed by atoms with van der Waals surface area (Å²) in [5, 5.41) is 2.46. The zero-order valence-electron chi connectivity index (χ0n) is 13.9. The fourth-order valence-electron chi connectivity index (χ4n) is 2.55. The molecule has 1 heterocycles. The Balaban J connectivity index is 1.88. The molecular formula is C17H15Cl2FN2O4S. The first kappa shape index (κ1) is 20.0. The van der Waals surface area contributed by atoms with E-state index >= 15 is 0 Å². The number of hydrogen-bond acceptors (Lipinski definition) is 4. The first-order valence-corrected chi connectivity index (χ1v) is 10.1. The number of nitrogens with zero attached hydrogens (tertiary/aromatic N) is 1. The number of nitrogens with one attached hydrogen (secondary N) is 1. The van der Waals surface area contributed by atoms with Gasteiger partial charge in [-0.15, -0.1) is 0 Å². The molecular weight excluding hydrogens is 418 g/mol. The zero-order chi connectivity index (χ0) is 19.6. The van der Waals surface area contributed by atoms with Crippen LogP contribution in [0.5, 0.6) is 0 Å². The van der Waals surface area contributed by atoms with Crippen molar-refractivity contribution in [2.45, 2.75) is 4.90 Å². The summed E-state index contributed by atoms with van der Waals surface area (Å²) in [5.41, 5.74) is 0.232. The van der Waals surface area contributed by atoms with E-state index in [4.69, 9.17) is 27.9 Å². The number of hydrogen-bond donors (Lipinski definition) is 1. The smallest absolute Gasteiger partial charge is 0.257 e. The fourth-order valence-corrected chi connectivity index (χ4v) is 4.37. The molecule has 0 unspecified atom stereocenters. The SMILES string of the molecule is O=C(Nc1ccc(F)c(Cl)c1)c1cc(S(=O)(=O)N2CCOCC2)ccc1Cl. The van der Waals surface area contributed by atoms with Gasteiger partial charge >= 0.3 is 0 Å². The summed E-state index contributed by atoms with van der Waals surface area (Å²) in [6.45, 7) is 1.10. The minimum absolute atomic E-state index is 0.0218. The van der Waals surface area contributed by atoms with Crippen LogP contribution in [0.1, 0.15) is 10.4 Å². The van der Waals surface area contributed by atoms with Crippen molar-refractivity contribution < 1.29 is 22.3 Å². The molecule has 1 amide bonds. The zero-order valence-corrected chi connectivity index (χ0v) is 16.2. The molecule has 1 aliphatic heterocycles. The Bertz CT molecular complexity index is 979. The number of benzene rings is 2. The molecule has 3 rings (SSSR count). The monoisotopic (exact) mass is 432 g/mol. The highest BCUT2D eigenvalue weighted by Gasteiger charge is 2.27. The first-order chi connectivity index (χ1) is 12.8. The second-order valence-corrected chi connectivity index (χ2v) is 8.49. The van der Waals surface area contributed by atoms with Gasteiger partial charge in [0.25, 0.3) is 5.91 Å². The van der Waals surface area contributed by atoms with E-state index in [0.29, 0.717) is 13.2 Å². The third kappa shape index (κ3) is 4.41. The van der Waals surface area contributed by atoms with Gasteiger partial charge in [-0.3, -0.25) is 4.79 Å². The van der Waals surface area contributed by atoms with Gasteiger partial charge < -0.3 is 10.1 Å². The molecule has 27 heavy (non-hydrogen) atoms.